The van der Waals surface area contributed by atoms with Crippen LogP contribution >= 0.6 is 15.9 Å². The van der Waals surface area contributed by atoms with Crippen LogP contribution in [-0.2, 0) is 11.3 Å². The summed E-state index contributed by atoms with van der Waals surface area (Å²) in [6.07, 6.45) is 1.32. The Hall–Kier alpha value is -2.54. The molecule has 0 atom stereocenters. The molecule has 0 spiro atoms. The number of rotatable bonds is 4. The molecule has 26 heavy (non-hydrogen) atoms. The molecule has 0 aliphatic rings. The number of benzene rings is 2. The fraction of sp³-hybridized carbons (Fsp3) is 0.158. The number of hydrogen-bond acceptors (Lipinski definition) is 3. The van der Waals surface area contributed by atoms with Crippen molar-refractivity contribution in [2.45, 2.75) is 13.5 Å². The highest BCUT2D eigenvalue weighted by Gasteiger charge is 2.17. The van der Waals surface area contributed by atoms with Crippen LogP contribution < -0.4 is 5.43 Å². The molecule has 0 aliphatic heterocycles. The van der Waals surface area contributed by atoms with Gasteiger partial charge in [0, 0.05) is 21.6 Å². The van der Waals surface area contributed by atoms with E-state index < -0.39 is 23.0 Å². The minimum atomic E-state index is -0.798. The van der Waals surface area contributed by atoms with E-state index in [4.69, 9.17) is 4.74 Å². The van der Waals surface area contributed by atoms with E-state index in [1.54, 1.807) is 19.1 Å². The summed E-state index contributed by atoms with van der Waals surface area (Å²) >= 11 is 3.20. The number of fused-ring (bicyclic) bond motifs is 1. The Kier molecular flexibility index (Phi) is 5.18. The predicted molar refractivity (Wildman–Crippen MR) is 97.3 cm³/mol. The highest BCUT2D eigenvalue weighted by atomic mass is 79.9. The van der Waals surface area contributed by atoms with Gasteiger partial charge in [0.25, 0.3) is 0 Å². The van der Waals surface area contributed by atoms with Gasteiger partial charge >= 0.3 is 5.97 Å². The SMILES string of the molecule is CCOC(=O)c1cn(Cc2ccc(Br)cc2F)c2ccc(F)cc2c1=O. The molecule has 0 unspecified atom stereocenters. The maximum absolute atomic E-state index is 14.2. The number of halogens is 3. The molecule has 0 saturated carbocycles. The Morgan fingerprint density at radius 2 is 1.96 bits per heavy atom. The van der Waals surface area contributed by atoms with Crippen LogP contribution in [0.2, 0.25) is 0 Å². The van der Waals surface area contributed by atoms with Crippen molar-refractivity contribution in [2.24, 2.45) is 0 Å². The number of pyridine rings is 1. The van der Waals surface area contributed by atoms with Crippen molar-refractivity contribution in [1.82, 2.24) is 4.57 Å². The second-order valence-corrected chi connectivity index (χ2v) is 6.53. The lowest BCUT2D eigenvalue weighted by molar-refractivity contribution is 0.0524. The van der Waals surface area contributed by atoms with E-state index in [0.717, 1.165) is 6.07 Å². The van der Waals surface area contributed by atoms with Crippen molar-refractivity contribution >= 4 is 32.8 Å². The van der Waals surface area contributed by atoms with Crippen LogP contribution in [0.1, 0.15) is 22.8 Å². The number of carbonyl (C=O) groups excluding carboxylic acids is 1. The van der Waals surface area contributed by atoms with Crippen LogP contribution in [0.25, 0.3) is 10.9 Å². The predicted octanol–water partition coefficient (Wildman–Crippen LogP) is 4.27. The second-order valence-electron chi connectivity index (χ2n) is 5.62. The Labute approximate surface area is 156 Å². The smallest absolute Gasteiger partial charge is 0.343 e. The Morgan fingerprint density at radius 1 is 1.19 bits per heavy atom. The van der Waals surface area contributed by atoms with E-state index >= 15 is 0 Å². The highest BCUT2D eigenvalue weighted by Crippen LogP contribution is 2.20. The number of hydrogen-bond donors (Lipinski definition) is 0. The van der Waals surface area contributed by atoms with Crippen LogP contribution in [0.15, 0.2) is 51.9 Å². The fourth-order valence-electron chi connectivity index (χ4n) is 2.69. The molecule has 7 heteroatoms. The summed E-state index contributed by atoms with van der Waals surface area (Å²) in [4.78, 5) is 24.7. The molecule has 0 aliphatic carbocycles. The molecule has 1 heterocycles. The quantitative estimate of drug-likeness (QED) is 0.591. The van der Waals surface area contributed by atoms with Crippen molar-refractivity contribution in [3.63, 3.8) is 0 Å². The zero-order valence-corrected chi connectivity index (χ0v) is 15.3. The summed E-state index contributed by atoms with van der Waals surface area (Å²) in [5.41, 5.74) is -0.0861. The van der Waals surface area contributed by atoms with Crippen molar-refractivity contribution in [2.75, 3.05) is 6.61 Å². The van der Waals surface area contributed by atoms with E-state index in [9.17, 15) is 18.4 Å². The van der Waals surface area contributed by atoms with Gasteiger partial charge in [-0.3, -0.25) is 4.79 Å². The van der Waals surface area contributed by atoms with Gasteiger partial charge in [-0.05, 0) is 37.3 Å². The van der Waals surface area contributed by atoms with E-state index in [0.29, 0.717) is 15.6 Å². The monoisotopic (exact) mass is 421 g/mol. The lowest BCUT2D eigenvalue weighted by atomic mass is 10.1. The minimum absolute atomic E-state index is 0.0353. The van der Waals surface area contributed by atoms with Gasteiger partial charge in [0.15, 0.2) is 0 Å². The standard InChI is InChI=1S/C19H14BrF2NO3/c1-2-26-19(25)15-10-23(9-11-3-4-12(20)7-16(11)22)17-6-5-13(21)8-14(17)18(15)24/h3-8,10H,2,9H2,1H3. The molecular weight excluding hydrogens is 408 g/mol. The third-order valence-corrected chi connectivity index (χ3v) is 4.39. The van der Waals surface area contributed by atoms with E-state index in [1.807, 2.05) is 0 Å². The van der Waals surface area contributed by atoms with Crippen LogP contribution in [0.5, 0.6) is 0 Å². The van der Waals surface area contributed by atoms with Gasteiger partial charge < -0.3 is 9.30 Å². The first kappa shape index (κ1) is 18.3. The van der Waals surface area contributed by atoms with E-state index in [-0.39, 0.29) is 24.1 Å². The zero-order chi connectivity index (χ0) is 18.8. The molecule has 0 saturated heterocycles. The maximum Gasteiger partial charge on any atom is 0.343 e. The summed E-state index contributed by atoms with van der Waals surface area (Å²) in [6, 6.07) is 8.31. The molecule has 0 bridgehead atoms. The normalized spacial score (nSPS) is 10.9. The van der Waals surface area contributed by atoms with Gasteiger partial charge in [-0.2, -0.15) is 0 Å². The van der Waals surface area contributed by atoms with Crippen molar-refractivity contribution < 1.29 is 18.3 Å². The van der Waals surface area contributed by atoms with Crippen LogP contribution in [0, 0.1) is 11.6 Å². The molecular formula is C19H14BrF2NO3. The average molecular weight is 422 g/mol. The van der Waals surface area contributed by atoms with E-state index in [2.05, 4.69) is 15.9 Å². The summed E-state index contributed by atoms with van der Waals surface area (Å²) in [5.74, 6) is -1.84. The third-order valence-electron chi connectivity index (χ3n) is 3.89. The first-order valence-corrected chi connectivity index (χ1v) is 8.63. The lowest BCUT2D eigenvalue weighted by Gasteiger charge is -2.14. The fourth-order valence-corrected chi connectivity index (χ4v) is 3.02. The number of esters is 1. The average Bonchev–Trinajstić information content (AvgIpc) is 2.59. The second kappa shape index (κ2) is 7.37. The van der Waals surface area contributed by atoms with Crippen molar-refractivity contribution in [1.29, 1.82) is 0 Å². The van der Waals surface area contributed by atoms with Crippen molar-refractivity contribution in [3.8, 4) is 0 Å². The molecule has 0 N–H and O–H groups in total. The number of ether oxygens (including phenoxy) is 1. The van der Waals surface area contributed by atoms with Gasteiger partial charge in [-0.1, -0.05) is 22.0 Å². The number of carbonyl (C=O) groups is 1. The molecule has 3 rings (SSSR count). The van der Waals surface area contributed by atoms with Gasteiger partial charge in [0.1, 0.15) is 17.2 Å². The molecule has 0 amide bonds. The van der Waals surface area contributed by atoms with Crippen LogP contribution in [0.4, 0.5) is 8.78 Å². The molecule has 134 valence electrons. The summed E-state index contributed by atoms with van der Waals surface area (Å²) in [7, 11) is 0. The van der Waals surface area contributed by atoms with Crippen molar-refractivity contribution in [3.05, 3.63) is 80.1 Å². The molecule has 0 fully saturated rings. The Balaban J connectivity index is 2.21. The molecule has 4 nitrogen and oxygen atoms in total. The zero-order valence-electron chi connectivity index (χ0n) is 13.8. The summed E-state index contributed by atoms with van der Waals surface area (Å²) in [6.45, 7) is 1.78. The van der Waals surface area contributed by atoms with Gasteiger partial charge in [0.2, 0.25) is 5.43 Å². The highest BCUT2D eigenvalue weighted by molar-refractivity contribution is 9.10. The first-order chi connectivity index (χ1) is 12.4. The minimum Gasteiger partial charge on any atom is -0.462 e. The Bertz CT molecular complexity index is 1060. The Morgan fingerprint density at radius 3 is 2.65 bits per heavy atom. The molecule has 1 aromatic heterocycles. The maximum atomic E-state index is 14.2. The lowest BCUT2D eigenvalue weighted by Crippen LogP contribution is -2.21. The van der Waals surface area contributed by atoms with Crippen LogP contribution in [-0.4, -0.2) is 17.1 Å². The van der Waals surface area contributed by atoms with Gasteiger partial charge in [0.05, 0.1) is 18.7 Å². The van der Waals surface area contributed by atoms with Gasteiger partial charge in [-0.15, -0.1) is 0 Å². The number of nitrogens with zero attached hydrogens (tertiary/aromatic N) is 1. The summed E-state index contributed by atoms with van der Waals surface area (Å²) < 4.78 is 34.9. The first-order valence-electron chi connectivity index (χ1n) is 7.84. The van der Waals surface area contributed by atoms with Gasteiger partial charge in [-0.25, -0.2) is 13.6 Å². The molecule has 2 aromatic carbocycles. The van der Waals surface area contributed by atoms with Crippen LogP contribution in [0.3, 0.4) is 0 Å². The molecule has 3 aromatic rings. The van der Waals surface area contributed by atoms with E-state index in [1.165, 1.54) is 29.0 Å². The topological polar surface area (TPSA) is 48.3 Å². The molecule has 0 radical (unpaired) electrons. The largest absolute Gasteiger partial charge is 0.462 e. The third kappa shape index (κ3) is 3.53. The number of aromatic nitrogens is 1. The summed E-state index contributed by atoms with van der Waals surface area (Å²) in [5, 5.41) is 0.0353.